The van der Waals surface area contributed by atoms with Crippen molar-refractivity contribution in [3.63, 3.8) is 0 Å². The Labute approximate surface area is 165 Å². The number of nitrogens with zero attached hydrogens (tertiary/aromatic N) is 2. The summed E-state index contributed by atoms with van der Waals surface area (Å²) in [6.45, 7) is 9.06. The molecule has 0 N–H and O–H groups in total. The summed E-state index contributed by atoms with van der Waals surface area (Å²) in [5.41, 5.74) is 0.658. The molecule has 1 saturated heterocycles. The second kappa shape index (κ2) is 6.26. The smallest absolute Gasteiger partial charge is 0.410 e. The van der Waals surface area contributed by atoms with Gasteiger partial charge in [-0.3, -0.25) is 4.79 Å². The molecule has 0 unspecified atom stereocenters. The van der Waals surface area contributed by atoms with Gasteiger partial charge in [0.1, 0.15) is 17.5 Å². The number of rotatable bonds is 2. The van der Waals surface area contributed by atoms with E-state index in [1.54, 1.807) is 22.7 Å². The van der Waals surface area contributed by atoms with Gasteiger partial charge in [-0.2, -0.15) is 0 Å². The van der Waals surface area contributed by atoms with Crippen molar-refractivity contribution in [2.45, 2.75) is 52.2 Å². The zero-order valence-corrected chi connectivity index (χ0v) is 17.2. The molecule has 0 atom stereocenters. The summed E-state index contributed by atoms with van der Waals surface area (Å²) in [6.07, 6.45) is 3.52. The number of carbonyl (C=O) groups is 1. The van der Waals surface area contributed by atoms with Crippen molar-refractivity contribution in [1.29, 1.82) is 0 Å². The SMILES string of the molecule is Cc1ccc(OC2CC3(C2)CN(C(=O)OC(C)(C)C)C3)c2ccn(C)c(=O)c12. The fourth-order valence-electron chi connectivity index (χ4n) is 4.34. The highest BCUT2D eigenvalue weighted by molar-refractivity contribution is 5.90. The highest BCUT2D eigenvalue weighted by Gasteiger charge is 2.55. The molecule has 4 rings (SSSR count). The monoisotopic (exact) mass is 384 g/mol. The topological polar surface area (TPSA) is 60.8 Å². The predicted octanol–water partition coefficient (Wildman–Crippen LogP) is 3.63. The lowest BCUT2D eigenvalue weighted by Crippen LogP contribution is -2.66. The van der Waals surface area contributed by atoms with Gasteiger partial charge in [0.05, 0.1) is 5.39 Å². The van der Waals surface area contributed by atoms with E-state index in [2.05, 4.69) is 0 Å². The van der Waals surface area contributed by atoms with Crippen molar-refractivity contribution in [2.24, 2.45) is 12.5 Å². The third kappa shape index (κ3) is 3.25. The molecule has 1 aliphatic carbocycles. The van der Waals surface area contributed by atoms with E-state index >= 15 is 0 Å². The van der Waals surface area contributed by atoms with Gasteiger partial charge in [-0.25, -0.2) is 4.79 Å². The Hall–Kier alpha value is -2.50. The number of hydrogen-bond acceptors (Lipinski definition) is 4. The largest absolute Gasteiger partial charge is 0.490 e. The lowest BCUT2D eigenvalue weighted by Gasteiger charge is -2.58. The molecule has 1 aromatic carbocycles. The minimum Gasteiger partial charge on any atom is -0.490 e. The van der Waals surface area contributed by atoms with E-state index < -0.39 is 5.60 Å². The molecule has 28 heavy (non-hydrogen) atoms. The molecule has 0 radical (unpaired) electrons. The predicted molar refractivity (Wildman–Crippen MR) is 108 cm³/mol. The fourth-order valence-corrected chi connectivity index (χ4v) is 4.34. The van der Waals surface area contributed by atoms with Crippen molar-refractivity contribution >= 4 is 16.9 Å². The first kappa shape index (κ1) is 18.8. The number of benzene rings is 1. The molecule has 1 spiro atoms. The molecule has 2 fully saturated rings. The Kier molecular flexibility index (Phi) is 4.21. The lowest BCUT2D eigenvalue weighted by molar-refractivity contribution is -0.116. The van der Waals surface area contributed by atoms with Crippen LogP contribution in [0, 0.1) is 12.3 Å². The van der Waals surface area contributed by atoms with Crippen LogP contribution in [0.25, 0.3) is 10.8 Å². The van der Waals surface area contributed by atoms with E-state index in [0.717, 1.165) is 48.0 Å². The number of aromatic nitrogens is 1. The number of likely N-dealkylation sites (tertiary alicyclic amines) is 1. The van der Waals surface area contributed by atoms with Crippen LogP contribution in [0.4, 0.5) is 4.79 Å². The molecule has 2 heterocycles. The molecule has 2 aliphatic rings. The average molecular weight is 384 g/mol. The average Bonchev–Trinajstić information content (AvgIpc) is 2.51. The molecular formula is C22H28N2O4. The van der Waals surface area contributed by atoms with Crippen LogP contribution in [0.2, 0.25) is 0 Å². The summed E-state index contributed by atoms with van der Waals surface area (Å²) in [5.74, 6) is 0.765. The van der Waals surface area contributed by atoms with Gasteiger partial charge in [0.25, 0.3) is 5.56 Å². The minimum atomic E-state index is -0.464. The molecule has 0 bridgehead atoms. The molecule has 1 aromatic heterocycles. The summed E-state index contributed by atoms with van der Waals surface area (Å²) in [5, 5.41) is 1.59. The van der Waals surface area contributed by atoms with Gasteiger partial charge in [0.15, 0.2) is 0 Å². The molecule has 6 nitrogen and oxygen atoms in total. The fraction of sp³-hybridized carbons (Fsp3) is 0.545. The van der Waals surface area contributed by atoms with Gasteiger partial charge < -0.3 is 18.9 Å². The third-order valence-corrected chi connectivity index (χ3v) is 5.73. The van der Waals surface area contributed by atoms with E-state index in [1.807, 2.05) is 45.9 Å². The molecule has 1 amide bonds. The molecule has 1 aliphatic heterocycles. The van der Waals surface area contributed by atoms with Crippen LogP contribution in [-0.4, -0.2) is 40.4 Å². The first-order valence-electron chi connectivity index (χ1n) is 9.80. The van der Waals surface area contributed by atoms with Crippen molar-refractivity contribution < 1.29 is 14.3 Å². The number of pyridine rings is 1. The maximum atomic E-state index is 12.5. The number of amides is 1. The Bertz CT molecular complexity index is 988. The number of aryl methyl sites for hydroxylation is 2. The van der Waals surface area contributed by atoms with Crippen molar-refractivity contribution in [2.75, 3.05) is 13.1 Å². The Morgan fingerprint density at radius 1 is 1.18 bits per heavy atom. The van der Waals surface area contributed by atoms with Crippen LogP contribution in [0.1, 0.15) is 39.2 Å². The molecule has 2 aromatic rings. The van der Waals surface area contributed by atoms with E-state index in [9.17, 15) is 9.59 Å². The summed E-state index contributed by atoms with van der Waals surface area (Å²) < 4.78 is 13.3. The first-order chi connectivity index (χ1) is 13.1. The zero-order chi connectivity index (χ0) is 20.3. The zero-order valence-electron chi connectivity index (χ0n) is 17.2. The van der Waals surface area contributed by atoms with Crippen LogP contribution >= 0.6 is 0 Å². The maximum Gasteiger partial charge on any atom is 0.410 e. The third-order valence-electron chi connectivity index (χ3n) is 5.73. The summed E-state index contributed by atoms with van der Waals surface area (Å²) in [4.78, 5) is 26.4. The van der Waals surface area contributed by atoms with Gasteiger partial charge in [0.2, 0.25) is 0 Å². The molecular weight excluding hydrogens is 356 g/mol. The highest BCUT2D eigenvalue weighted by Crippen LogP contribution is 2.50. The van der Waals surface area contributed by atoms with E-state index in [-0.39, 0.29) is 23.2 Å². The van der Waals surface area contributed by atoms with Crippen molar-refractivity contribution in [1.82, 2.24) is 9.47 Å². The van der Waals surface area contributed by atoms with E-state index in [1.165, 1.54) is 0 Å². The quantitative estimate of drug-likeness (QED) is 0.793. The number of fused-ring (bicyclic) bond motifs is 1. The standard InChI is InChI=1S/C22H28N2O4/c1-14-6-7-17(16-8-9-23(5)19(25)18(14)16)27-15-10-22(11-15)12-24(13-22)20(26)28-21(2,3)4/h6-9,15H,10-13H2,1-5H3. The lowest BCUT2D eigenvalue weighted by atomic mass is 9.62. The number of ether oxygens (including phenoxy) is 2. The second-order valence-electron chi connectivity index (χ2n) is 9.39. The van der Waals surface area contributed by atoms with E-state index in [4.69, 9.17) is 9.47 Å². The van der Waals surface area contributed by atoms with Crippen molar-refractivity contribution in [3.8, 4) is 5.75 Å². The normalized spacial score (nSPS) is 18.7. The second-order valence-corrected chi connectivity index (χ2v) is 9.39. The maximum absolute atomic E-state index is 12.5. The first-order valence-corrected chi connectivity index (χ1v) is 9.80. The van der Waals surface area contributed by atoms with Crippen LogP contribution in [0.5, 0.6) is 5.75 Å². The van der Waals surface area contributed by atoms with Gasteiger partial charge in [-0.1, -0.05) is 6.07 Å². The van der Waals surface area contributed by atoms with Gasteiger partial charge in [-0.15, -0.1) is 0 Å². The molecule has 1 saturated carbocycles. The number of hydrogen-bond donors (Lipinski definition) is 0. The Balaban J connectivity index is 1.40. The molecule has 6 heteroatoms. The van der Waals surface area contributed by atoms with Crippen LogP contribution in [-0.2, 0) is 11.8 Å². The highest BCUT2D eigenvalue weighted by atomic mass is 16.6. The van der Waals surface area contributed by atoms with Crippen LogP contribution < -0.4 is 10.3 Å². The van der Waals surface area contributed by atoms with Crippen molar-refractivity contribution in [3.05, 3.63) is 40.3 Å². The number of carbonyl (C=O) groups excluding carboxylic acids is 1. The van der Waals surface area contributed by atoms with E-state index in [0.29, 0.717) is 0 Å². The summed E-state index contributed by atoms with van der Waals surface area (Å²) in [7, 11) is 1.76. The van der Waals surface area contributed by atoms with Crippen LogP contribution in [0.3, 0.4) is 0 Å². The summed E-state index contributed by atoms with van der Waals surface area (Å²) >= 11 is 0. The summed E-state index contributed by atoms with van der Waals surface area (Å²) in [6, 6.07) is 5.85. The van der Waals surface area contributed by atoms with Crippen LogP contribution in [0.15, 0.2) is 29.2 Å². The van der Waals surface area contributed by atoms with Gasteiger partial charge >= 0.3 is 6.09 Å². The Morgan fingerprint density at radius 3 is 2.50 bits per heavy atom. The molecule has 150 valence electrons. The van der Waals surface area contributed by atoms with Gasteiger partial charge in [0, 0.05) is 37.1 Å². The minimum absolute atomic E-state index is 0.00229. The Morgan fingerprint density at radius 2 is 1.86 bits per heavy atom. The van der Waals surface area contributed by atoms with Gasteiger partial charge in [-0.05, 0) is 58.2 Å².